The average Bonchev–Trinajstić information content (AvgIpc) is 3.37. The van der Waals surface area contributed by atoms with E-state index in [1.807, 2.05) is 24.4 Å². The van der Waals surface area contributed by atoms with Crippen molar-refractivity contribution >= 4 is 45.4 Å². The molecule has 2 N–H and O–H groups in total. The lowest BCUT2D eigenvalue weighted by Crippen LogP contribution is -2.17. The van der Waals surface area contributed by atoms with E-state index >= 15 is 0 Å². The summed E-state index contributed by atoms with van der Waals surface area (Å²) in [5.41, 5.74) is 1.90. The van der Waals surface area contributed by atoms with Crippen molar-refractivity contribution in [1.82, 2.24) is 9.97 Å². The Kier molecular flexibility index (Phi) is 6.33. The fourth-order valence-electron chi connectivity index (χ4n) is 2.42. The number of pyridine rings is 1. The number of rotatable bonds is 7. The minimum absolute atomic E-state index is 0.0778. The van der Waals surface area contributed by atoms with Crippen LogP contribution in [-0.4, -0.2) is 21.8 Å². The zero-order valence-corrected chi connectivity index (χ0v) is 17.2. The second-order valence-corrected chi connectivity index (χ2v) is 8.12. The van der Waals surface area contributed by atoms with Crippen molar-refractivity contribution < 1.29 is 9.59 Å². The van der Waals surface area contributed by atoms with E-state index in [4.69, 9.17) is 0 Å². The number of hydrogen-bond donors (Lipinski definition) is 2. The van der Waals surface area contributed by atoms with Gasteiger partial charge in [0.15, 0.2) is 5.13 Å². The largest absolute Gasteiger partial charge is 0.307 e. The maximum atomic E-state index is 12.5. The van der Waals surface area contributed by atoms with Crippen LogP contribution in [0.25, 0.3) is 11.1 Å². The molecule has 6 nitrogen and oxygen atoms in total. The molecule has 3 rings (SSSR count). The summed E-state index contributed by atoms with van der Waals surface area (Å²) in [6.07, 6.45) is 5.59. The third-order valence-corrected chi connectivity index (χ3v) is 6.28. The van der Waals surface area contributed by atoms with E-state index < -0.39 is 0 Å². The van der Waals surface area contributed by atoms with Gasteiger partial charge in [-0.1, -0.05) is 13.5 Å². The minimum atomic E-state index is -0.302. The van der Waals surface area contributed by atoms with E-state index in [1.165, 1.54) is 28.7 Å². The molecule has 0 fully saturated rings. The average molecular weight is 413 g/mol. The third kappa shape index (κ3) is 4.71. The van der Waals surface area contributed by atoms with Crippen molar-refractivity contribution in [3.05, 3.63) is 58.4 Å². The Balaban J connectivity index is 1.67. The molecule has 0 aliphatic carbocycles. The number of anilines is 2. The van der Waals surface area contributed by atoms with Crippen LogP contribution >= 0.6 is 22.7 Å². The Morgan fingerprint density at radius 3 is 2.68 bits per heavy atom. The Morgan fingerprint density at radius 1 is 1.21 bits per heavy atom. The number of hydrogen-bond acceptors (Lipinski definition) is 6. The van der Waals surface area contributed by atoms with Crippen molar-refractivity contribution in [2.45, 2.75) is 26.2 Å². The number of carbonyl (C=O) groups is 2. The van der Waals surface area contributed by atoms with Crippen molar-refractivity contribution in [3.8, 4) is 11.1 Å². The molecule has 1 unspecified atom stereocenters. The van der Waals surface area contributed by atoms with E-state index in [2.05, 4.69) is 34.1 Å². The van der Waals surface area contributed by atoms with Gasteiger partial charge in [-0.2, -0.15) is 0 Å². The van der Waals surface area contributed by atoms with Crippen LogP contribution in [-0.2, 0) is 16.0 Å². The van der Waals surface area contributed by atoms with Crippen molar-refractivity contribution in [2.24, 2.45) is 0 Å². The molecule has 0 aromatic carbocycles. The summed E-state index contributed by atoms with van der Waals surface area (Å²) in [4.78, 5) is 34.4. The van der Waals surface area contributed by atoms with Gasteiger partial charge in [0.2, 0.25) is 11.8 Å². The van der Waals surface area contributed by atoms with Crippen molar-refractivity contribution in [2.75, 3.05) is 10.6 Å². The molecule has 0 aliphatic heterocycles. The summed E-state index contributed by atoms with van der Waals surface area (Å²) >= 11 is 3.03. The molecule has 0 bridgehead atoms. The van der Waals surface area contributed by atoms with Gasteiger partial charge in [-0.25, -0.2) is 9.97 Å². The van der Waals surface area contributed by atoms with Crippen LogP contribution in [0.3, 0.4) is 0 Å². The van der Waals surface area contributed by atoms with Gasteiger partial charge in [-0.15, -0.1) is 22.7 Å². The number of thiazole rings is 1. The van der Waals surface area contributed by atoms with Gasteiger partial charge in [0.1, 0.15) is 5.82 Å². The molecule has 1 atom stereocenters. The molecule has 8 heteroatoms. The molecule has 0 radical (unpaired) electrons. The zero-order chi connectivity index (χ0) is 20.1. The number of nitrogens with zero attached hydrogens (tertiary/aromatic N) is 2. The van der Waals surface area contributed by atoms with Gasteiger partial charge < -0.3 is 10.6 Å². The monoisotopic (exact) mass is 412 g/mol. The highest BCUT2D eigenvalue weighted by molar-refractivity contribution is 7.15. The number of aryl methyl sites for hydroxylation is 1. The lowest BCUT2D eigenvalue weighted by atomic mass is 10.1. The Hall–Kier alpha value is -2.84. The topological polar surface area (TPSA) is 84.0 Å². The summed E-state index contributed by atoms with van der Waals surface area (Å²) in [6, 6.07) is 5.61. The number of carbonyl (C=O) groups excluding carboxylic acids is 2. The third-order valence-electron chi connectivity index (χ3n) is 4.11. The summed E-state index contributed by atoms with van der Waals surface area (Å²) < 4.78 is 0. The van der Waals surface area contributed by atoms with Crippen LogP contribution in [0.2, 0.25) is 0 Å². The molecular weight excluding hydrogens is 392 g/mol. The number of nitrogens with one attached hydrogen (secondary N) is 2. The molecular formula is C20H20N4O2S2. The second kappa shape index (κ2) is 8.90. The van der Waals surface area contributed by atoms with Crippen LogP contribution in [0.5, 0.6) is 0 Å². The zero-order valence-electron chi connectivity index (χ0n) is 15.6. The van der Waals surface area contributed by atoms with E-state index in [9.17, 15) is 9.59 Å². The summed E-state index contributed by atoms with van der Waals surface area (Å²) in [6.45, 7) is 7.35. The van der Waals surface area contributed by atoms with E-state index in [-0.39, 0.29) is 17.7 Å². The Labute approximate surface area is 171 Å². The van der Waals surface area contributed by atoms with Crippen LogP contribution in [0.1, 0.15) is 29.5 Å². The van der Waals surface area contributed by atoms with Gasteiger partial charge in [0.25, 0.3) is 0 Å². The van der Waals surface area contributed by atoms with Gasteiger partial charge in [0.05, 0.1) is 5.92 Å². The summed E-state index contributed by atoms with van der Waals surface area (Å²) in [5.74, 6) is -0.200. The van der Waals surface area contributed by atoms with E-state index in [1.54, 1.807) is 18.5 Å². The van der Waals surface area contributed by atoms with Crippen LogP contribution < -0.4 is 10.6 Å². The highest BCUT2D eigenvalue weighted by Gasteiger charge is 2.19. The molecule has 3 aromatic rings. The predicted octanol–water partition coefficient (Wildman–Crippen LogP) is 4.70. The minimum Gasteiger partial charge on any atom is -0.307 e. The van der Waals surface area contributed by atoms with Gasteiger partial charge in [-0.05, 0) is 48.6 Å². The Bertz CT molecular complexity index is 992. The molecule has 2 amide bonds. The molecule has 0 saturated heterocycles. The van der Waals surface area contributed by atoms with Crippen LogP contribution in [0.15, 0.2) is 48.6 Å². The normalized spacial score (nSPS) is 11.6. The molecule has 0 saturated carbocycles. The highest BCUT2D eigenvalue weighted by atomic mass is 32.1. The van der Waals surface area contributed by atoms with E-state index in [0.29, 0.717) is 10.9 Å². The van der Waals surface area contributed by atoms with Crippen LogP contribution in [0.4, 0.5) is 10.9 Å². The molecule has 144 valence electrons. The lowest BCUT2D eigenvalue weighted by molar-refractivity contribution is -0.117. The highest BCUT2D eigenvalue weighted by Crippen LogP contribution is 2.31. The fraction of sp³-hybridized carbons (Fsp3) is 0.200. The quantitative estimate of drug-likeness (QED) is 0.551. The molecule has 3 aromatic heterocycles. The van der Waals surface area contributed by atoms with Crippen LogP contribution in [0, 0.1) is 0 Å². The first kappa shape index (κ1) is 19.9. The molecule has 0 aliphatic rings. The maximum Gasteiger partial charge on any atom is 0.248 e. The van der Waals surface area contributed by atoms with Gasteiger partial charge in [0, 0.05) is 27.7 Å². The smallest absolute Gasteiger partial charge is 0.248 e. The van der Waals surface area contributed by atoms with Gasteiger partial charge >= 0.3 is 0 Å². The first-order valence-corrected chi connectivity index (χ1v) is 10.4. The number of aromatic nitrogens is 2. The second-order valence-electron chi connectivity index (χ2n) is 6.06. The van der Waals surface area contributed by atoms with Crippen molar-refractivity contribution in [1.29, 1.82) is 0 Å². The SMILES string of the molecule is C=CC(=O)Nc1ccc(-c2csc(C(C)C(=O)Nc3ncc(CC)s3)c2)cn1. The standard InChI is InChI=1S/C20H20N4O2S2/c1-4-15-10-22-20(28-15)24-19(26)12(3)16-8-14(11-27-16)13-6-7-17(21-9-13)23-18(25)5-2/h5-12H,2,4H2,1,3H3,(H,21,23,25)(H,22,24,26). The predicted molar refractivity (Wildman–Crippen MR) is 115 cm³/mol. The molecule has 0 spiro atoms. The first-order chi connectivity index (χ1) is 13.5. The Morgan fingerprint density at radius 2 is 2.04 bits per heavy atom. The fourth-order valence-corrected chi connectivity index (χ4v) is 4.15. The lowest BCUT2D eigenvalue weighted by Gasteiger charge is -2.08. The first-order valence-electron chi connectivity index (χ1n) is 8.74. The molecule has 28 heavy (non-hydrogen) atoms. The maximum absolute atomic E-state index is 12.5. The van der Waals surface area contributed by atoms with Gasteiger partial charge in [-0.3, -0.25) is 9.59 Å². The van der Waals surface area contributed by atoms with E-state index in [0.717, 1.165) is 27.3 Å². The molecule has 3 heterocycles. The van der Waals surface area contributed by atoms with Crippen molar-refractivity contribution in [3.63, 3.8) is 0 Å². The summed E-state index contributed by atoms with van der Waals surface area (Å²) in [5, 5.41) is 8.13. The summed E-state index contributed by atoms with van der Waals surface area (Å²) in [7, 11) is 0. The number of amides is 2. The number of thiophene rings is 1.